The standard InChI is InChI=1S/C14H18BrFN2O2/c1-2-6-17-12-8-20-7-9(12)14(19)18-13-10(15)4-3-5-11(13)16/h3-5,9,12,17H,2,6-8H2,1H3,(H,18,19). The van der Waals surface area contributed by atoms with Crippen LogP contribution in [0.3, 0.4) is 0 Å². The first kappa shape index (κ1) is 15.4. The van der Waals surface area contributed by atoms with E-state index in [9.17, 15) is 9.18 Å². The summed E-state index contributed by atoms with van der Waals surface area (Å²) < 4.78 is 19.6. The lowest BCUT2D eigenvalue weighted by atomic mass is 10.0. The van der Waals surface area contributed by atoms with E-state index in [1.807, 2.05) is 0 Å². The van der Waals surface area contributed by atoms with Gasteiger partial charge in [0.1, 0.15) is 5.82 Å². The van der Waals surface area contributed by atoms with Gasteiger partial charge in [-0.25, -0.2) is 4.39 Å². The molecule has 1 aromatic rings. The fourth-order valence-electron chi connectivity index (χ4n) is 2.18. The number of anilines is 1. The van der Waals surface area contributed by atoms with Crippen molar-refractivity contribution in [2.24, 2.45) is 5.92 Å². The number of benzene rings is 1. The summed E-state index contributed by atoms with van der Waals surface area (Å²) in [6.45, 7) is 3.77. The Labute approximate surface area is 126 Å². The van der Waals surface area contributed by atoms with Crippen LogP contribution in [0.5, 0.6) is 0 Å². The molecule has 2 unspecified atom stereocenters. The smallest absolute Gasteiger partial charge is 0.231 e. The van der Waals surface area contributed by atoms with Gasteiger partial charge in [-0.05, 0) is 41.0 Å². The van der Waals surface area contributed by atoms with Crippen LogP contribution in [0.1, 0.15) is 13.3 Å². The van der Waals surface area contributed by atoms with Crippen molar-refractivity contribution in [3.05, 3.63) is 28.5 Å². The molecule has 0 aromatic heterocycles. The van der Waals surface area contributed by atoms with Crippen molar-refractivity contribution in [2.45, 2.75) is 19.4 Å². The first-order valence-corrected chi connectivity index (χ1v) is 7.48. The molecule has 0 bridgehead atoms. The van der Waals surface area contributed by atoms with E-state index in [2.05, 4.69) is 33.5 Å². The van der Waals surface area contributed by atoms with Gasteiger partial charge >= 0.3 is 0 Å². The topological polar surface area (TPSA) is 50.4 Å². The van der Waals surface area contributed by atoms with Crippen LogP contribution in [0.25, 0.3) is 0 Å². The third kappa shape index (κ3) is 3.56. The zero-order chi connectivity index (χ0) is 14.5. The molecule has 0 radical (unpaired) electrons. The molecule has 1 amide bonds. The quantitative estimate of drug-likeness (QED) is 0.862. The van der Waals surface area contributed by atoms with Gasteiger partial charge in [-0.15, -0.1) is 0 Å². The highest BCUT2D eigenvalue weighted by molar-refractivity contribution is 9.10. The first-order chi connectivity index (χ1) is 9.63. The van der Waals surface area contributed by atoms with Crippen molar-refractivity contribution in [1.82, 2.24) is 5.32 Å². The summed E-state index contributed by atoms with van der Waals surface area (Å²) in [6, 6.07) is 4.58. The van der Waals surface area contributed by atoms with Crippen LogP contribution in [0.2, 0.25) is 0 Å². The van der Waals surface area contributed by atoms with Gasteiger partial charge in [-0.1, -0.05) is 13.0 Å². The first-order valence-electron chi connectivity index (χ1n) is 6.69. The molecule has 2 rings (SSSR count). The maximum absolute atomic E-state index is 13.7. The summed E-state index contributed by atoms with van der Waals surface area (Å²) in [5, 5.41) is 5.93. The average molecular weight is 345 g/mol. The molecule has 4 nitrogen and oxygen atoms in total. The Morgan fingerprint density at radius 1 is 1.50 bits per heavy atom. The maximum Gasteiger partial charge on any atom is 0.231 e. The van der Waals surface area contributed by atoms with Gasteiger partial charge in [0.05, 0.1) is 24.8 Å². The van der Waals surface area contributed by atoms with Gasteiger partial charge in [-0.3, -0.25) is 4.79 Å². The zero-order valence-corrected chi connectivity index (χ0v) is 12.9. The van der Waals surface area contributed by atoms with Crippen LogP contribution in [0, 0.1) is 11.7 Å². The van der Waals surface area contributed by atoms with Crippen molar-refractivity contribution in [3.8, 4) is 0 Å². The molecule has 20 heavy (non-hydrogen) atoms. The molecule has 1 aromatic carbocycles. The van der Waals surface area contributed by atoms with Crippen molar-refractivity contribution < 1.29 is 13.9 Å². The van der Waals surface area contributed by atoms with Crippen LogP contribution in [-0.4, -0.2) is 31.7 Å². The molecule has 6 heteroatoms. The predicted molar refractivity (Wildman–Crippen MR) is 79.1 cm³/mol. The number of halogens is 2. The normalized spacial score (nSPS) is 21.9. The summed E-state index contributed by atoms with van der Waals surface area (Å²) in [6.07, 6.45) is 0.990. The largest absolute Gasteiger partial charge is 0.379 e. The summed E-state index contributed by atoms with van der Waals surface area (Å²) in [4.78, 5) is 12.3. The van der Waals surface area contributed by atoms with Gasteiger partial charge in [-0.2, -0.15) is 0 Å². The molecular formula is C14H18BrFN2O2. The van der Waals surface area contributed by atoms with Gasteiger partial charge < -0.3 is 15.4 Å². The Balaban J connectivity index is 2.04. The Hall–Kier alpha value is -0.980. The third-order valence-corrected chi connectivity index (χ3v) is 3.95. The molecule has 1 heterocycles. The van der Waals surface area contributed by atoms with E-state index in [1.54, 1.807) is 12.1 Å². The van der Waals surface area contributed by atoms with E-state index in [4.69, 9.17) is 4.74 Å². The molecular weight excluding hydrogens is 327 g/mol. The van der Waals surface area contributed by atoms with Crippen molar-refractivity contribution in [2.75, 3.05) is 25.1 Å². The molecule has 1 saturated heterocycles. The van der Waals surface area contributed by atoms with Crippen molar-refractivity contribution >= 4 is 27.5 Å². The number of rotatable bonds is 5. The molecule has 2 N–H and O–H groups in total. The van der Waals surface area contributed by atoms with E-state index in [1.165, 1.54) is 6.07 Å². The minimum absolute atomic E-state index is 0.0134. The number of carbonyl (C=O) groups is 1. The fraction of sp³-hybridized carbons (Fsp3) is 0.500. The monoisotopic (exact) mass is 344 g/mol. The maximum atomic E-state index is 13.7. The van der Waals surface area contributed by atoms with Crippen LogP contribution in [0.15, 0.2) is 22.7 Å². The highest BCUT2D eigenvalue weighted by atomic mass is 79.9. The van der Waals surface area contributed by atoms with Crippen LogP contribution < -0.4 is 10.6 Å². The number of ether oxygens (including phenoxy) is 1. The zero-order valence-electron chi connectivity index (χ0n) is 11.3. The van der Waals surface area contributed by atoms with E-state index in [0.717, 1.165) is 13.0 Å². The number of hydrogen-bond acceptors (Lipinski definition) is 3. The Morgan fingerprint density at radius 3 is 3.00 bits per heavy atom. The summed E-state index contributed by atoms with van der Waals surface area (Å²) in [5.74, 6) is -0.973. The van der Waals surface area contributed by atoms with Gasteiger partial charge in [0, 0.05) is 10.5 Å². The molecule has 0 saturated carbocycles. The molecule has 1 fully saturated rings. The predicted octanol–water partition coefficient (Wildman–Crippen LogP) is 2.54. The van der Waals surface area contributed by atoms with Gasteiger partial charge in [0.25, 0.3) is 0 Å². The van der Waals surface area contributed by atoms with Crippen LogP contribution in [0.4, 0.5) is 10.1 Å². The lowest BCUT2D eigenvalue weighted by Gasteiger charge is -2.19. The number of nitrogens with one attached hydrogen (secondary N) is 2. The fourth-order valence-corrected chi connectivity index (χ4v) is 2.62. The molecule has 1 aliphatic rings. The number of para-hydroxylation sites is 1. The number of amides is 1. The minimum atomic E-state index is -0.454. The van der Waals surface area contributed by atoms with Gasteiger partial charge in [0.2, 0.25) is 5.91 Å². The third-order valence-electron chi connectivity index (χ3n) is 3.28. The average Bonchev–Trinajstić information content (AvgIpc) is 2.89. The van der Waals surface area contributed by atoms with E-state index < -0.39 is 5.82 Å². The van der Waals surface area contributed by atoms with Crippen LogP contribution in [-0.2, 0) is 9.53 Å². The van der Waals surface area contributed by atoms with E-state index in [0.29, 0.717) is 17.7 Å². The van der Waals surface area contributed by atoms with Crippen molar-refractivity contribution in [3.63, 3.8) is 0 Å². The SMILES string of the molecule is CCCNC1COCC1C(=O)Nc1c(F)cccc1Br. The molecule has 1 aliphatic heterocycles. The highest BCUT2D eigenvalue weighted by Crippen LogP contribution is 2.26. The second kappa shape index (κ2) is 7.15. The van der Waals surface area contributed by atoms with Crippen LogP contribution >= 0.6 is 15.9 Å². The Bertz CT molecular complexity index is 464. The van der Waals surface area contributed by atoms with E-state index in [-0.39, 0.29) is 23.6 Å². The van der Waals surface area contributed by atoms with E-state index >= 15 is 0 Å². The van der Waals surface area contributed by atoms with Gasteiger partial charge in [0.15, 0.2) is 0 Å². The summed E-state index contributed by atoms with van der Waals surface area (Å²) in [5.41, 5.74) is 0.179. The molecule has 110 valence electrons. The Kier molecular flexibility index (Phi) is 5.51. The highest BCUT2D eigenvalue weighted by Gasteiger charge is 2.34. The minimum Gasteiger partial charge on any atom is -0.379 e. The number of carbonyl (C=O) groups excluding carboxylic acids is 1. The summed E-state index contributed by atoms with van der Waals surface area (Å²) in [7, 11) is 0. The Morgan fingerprint density at radius 2 is 2.30 bits per heavy atom. The lowest BCUT2D eigenvalue weighted by Crippen LogP contribution is -2.41. The summed E-state index contributed by atoms with van der Waals surface area (Å²) >= 11 is 3.24. The molecule has 0 spiro atoms. The second-order valence-corrected chi connectivity index (χ2v) is 5.64. The van der Waals surface area contributed by atoms with Crippen molar-refractivity contribution in [1.29, 1.82) is 0 Å². The second-order valence-electron chi connectivity index (χ2n) is 4.79. The number of hydrogen-bond donors (Lipinski definition) is 2. The molecule has 0 aliphatic carbocycles. The molecule has 2 atom stereocenters. The lowest BCUT2D eigenvalue weighted by molar-refractivity contribution is -0.120.